The van der Waals surface area contributed by atoms with E-state index in [1.807, 2.05) is 31.2 Å². The second-order valence-electron chi connectivity index (χ2n) is 12.9. The molecule has 6 rings (SSSR count). The summed E-state index contributed by atoms with van der Waals surface area (Å²) in [7, 11) is 3.93. The van der Waals surface area contributed by atoms with Crippen molar-refractivity contribution in [1.82, 2.24) is 14.8 Å². The van der Waals surface area contributed by atoms with Crippen molar-refractivity contribution in [3.8, 4) is 17.4 Å². The average Bonchev–Trinajstić information content (AvgIpc) is 3.11. The summed E-state index contributed by atoms with van der Waals surface area (Å²) in [5.41, 5.74) is 4.59. The third kappa shape index (κ3) is 8.00. The van der Waals surface area contributed by atoms with Crippen molar-refractivity contribution in [3.05, 3.63) is 66.7 Å². The normalized spacial score (nSPS) is 18.1. The first-order valence-corrected chi connectivity index (χ1v) is 17.0. The Labute approximate surface area is 279 Å². The van der Waals surface area contributed by atoms with Gasteiger partial charge in [0.25, 0.3) is 0 Å². The molecule has 10 heteroatoms. The number of hydrogen-bond donors (Lipinski definition) is 2. The minimum atomic E-state index is -0.265. The molecular weight excluding hydrogens is 590 g/mol. The predicted octanol–water partition coefficient (Wildman–Crippen LogP) is 6.27. The van der Waals surface area contributed by atoms with E-state index >= 15 is 0 Å². The second kappa shape index (κ2) is 15.1. The first-order valence-electron chi connectivity index (χ1n) is 17.0. The summed E-state index contributed by atoms with van der Waals surface area (Å²) in [6.07, 6.45) is 7.14. The Kier molecular flexibility index (Phi) is 10.5. The molecule has 3 aliphatic rings. The van der Waals surface area contributed by atoms with Crippen LogP contribution in [0, 0.1) is 6.92 Å². The van der Waals surface area contributed by atoms with Gasteiger partial charge < -0.3 is 34.8 Å². The standard InChI is InChI=1S/C37H49N7O3/c1-5-36(45)39-32-26-30(11-9-27(32)2)47-37-33(44-17-7-6-8-18-44)13-14-35(40-37)38-31-12-10-29(25-34(31)46-4)42-19-15-28(16-20-42)43-23-21-41(3)22-24-43/h5,9-14,25-26,28H,1,6-8,15-24H2,2-4H3,(H,38,40)(H,39,45). The lowest BCUT2D eigenvalue weighted by atomic mass is 10.0. The molecular formula is C37H49N7O3. The first kappa shape index (κ1) is 32.7. The van der Waals surface area contributed by atoms with Crippen LogP contribution in [0.2, 0.25) is 0 Å². The van der Waals surface area contributed by atoms with Crippen LogP contribution in [-0.4, -0.2) is 93.2 Å². The van der Waals surface area contributed by atoms with Gasteiger partial charge in [0.2, 0.25) is 11.8 Å². The molecule has 250 valence electrons. The van der Waals surface area contributed by atoms with Gasteiger partial charge in [-0.2, -0.15) is 4.98 Å². The summed E-state index contributed by atoms with van der Waals surface area (Å²) in [5, 5.41) is 6.35. The Bertz CT molecular complexity index is 1540. The van der Waals surface area contributed by atoms with Crippen molar-refractivity contribution in [2.75, 3.05) is 86.9 Å². The van der Waals surface area contributed by atoms with Gasteiger partial charge in [-0.05, 0) is 88.0 Å². The van der Waals surface area contributed by atoms with Crippen LogP contribution < -0.4 is 29.9 Å². The van der Waals surface area contributed by atoms with Crippen LogP contribution in [0.1, 0.15) is 37.7 Å². The molecule has 0 radical (unpaired) electrons. The maximum absolute atomic E-state index is 12.0. The minimum Gasteiger partial charge on any atom is -0.494 e. The SMILES string of the molecule is C=CC(=O)Nc1cc(Oc2nc(Nc3ccc(N4CCC(N5CCN(C)CC5)CC4)cc3OC)ccc2N2CCCCC2)ccc1C. The molecule has 0 unspecified atom stereocenters. The number of nitrogens with one attached hydrogen (secondary N) is 2. The van der Waals surface area contributed by atoms with Crippen LogP contribution in [0.15, 0.2) is 61.2 Å². The molecule has 10 nitrogen and oxygen atoms in total. The zero-order valence-electron chi connectivity index (χ0n) is 28.1. The number of carbonyl (C=O) groups excluding carboxylic acids is 1. The van der Waals surface area contributed by atoms with Crippen LogP contribution in [0.3, 0.4) is 0 Å². The molecule has 3 aromatic rings. The fourth-order valence-corrected chi connectivity index (χ4v) is 6.84. The molecule has 1 amide bonds. The molecule has 1 aromatic heterocycles. The summed E-state index contributed by atoms with van der Waals surface area (Å²) < 4.78 is 12.3. The van der Waals surface area contributed by atoms with Crippen molar-refractivity contribution in [1.29, 1.82) is 0 Å². The van der Waals surface area contributed by atoms with Crippen LogP contribution in [-0.2, 0) is 4.79 Å². The van der Waals surface area contributed by atoms with Crippen molar-refractivity contribution < 1.29 is 14.3 Å². The van der Waals surface area contributed by atoms with Gasteiger partial charge in [0.05, 0.1) is 12.8 Å². The number of hydrogen-bond acceptors (Lipinski definition) is 9. The maximum Gasteiger partial charge on any atom is 0.247 e. The molecule has 0 bridgehead atoms. The number of anilines is 5. The van der Waals surface area contributed by atoms with E-state index in [4.69, 9.17) is 14.5 Å². The predicted molar refractivity (Wildman–Crippen MR) is 191 cm³/mol. The highest BCUT2D eigenvalue weighted by atomic mass is 16.5. The van der Waals surface area contributed by atoms with Gasteiger partial charge in [-0.15, -0.1) is 0 Å². The van der Waals surface area contributed by atoms with E-state index in [2.05, 4.69) is 68.1 Å². The number of methoxy groups -OCH3 is 1. The number of benzene rings is 2. The van der Waals surface area contributed by atoms with Crippen molar-refractivity contribution in [3.63, 3.8) is 0 Å². The van der Waals surface area contributed by atoms with E-state index in [0.29, 0.717) is 29.2 Å². The average molecular weight is 640 g/mol. The van der Waals surface area contributed by atoms with Crippen molar-refractivity contribution in [2.24, 2.45) is 0 Å². The highest BCUT2D eigenvalue weighted by molar-refractivity contribution is 5.99. The van der Waals surface area contributed by atoms with E-state index in [9.17, 15) is 4.79 Å². The van der Waals surface area contributed by atoms with Gasteiger partial charge in [-0.3, -0.25) is 9.69 Å². The molecule has 47 heavy (non-hydrogen) atoms. The number of rotatable bonds is 10. The Morgan fingerprint density at radius 3 is 2.38 bits per heavy atom. The zero-order chi connectivity index (χ0) is 32.8. The Hall–Kier alpha value is -4.28. The number of piperidine rings is 2. The van der Waals surface area contributed by atoms with Gasteiger partial charge in [0.15, 0.2) is 0 Å². The van der Waals surface area contributed by atoms with Crippen molar-refractivity contribution in [2.45, 2.75) is 45.1 Å². The minimum absolute atomic E-state index is 0.265. The number of aromatic nitrogens is 1. The fourth-order valence-electron chi connectivity index (χ4n) is 6.84. The Morgan fingerprint density at radius 1 is 0.894 bits per heavy atom. The molecule has 0 atom stereocenters. The molecule has 2 N–H and O–H groups in total. The van der Waals surface area contributed by atoms with Crippen LogP contribution in [0.25, 0.3) is 0 Å². The summed E-state index contributed by atoms with van der Waals surface area (Å²) in [5.74, 6) is 2.27. The van der Waals surface area contributed by atoms with E-state index in [1.165, 1.54) is 44.1 Å². The molecule has 0 spiro atoms. The topological polar surface area (TPSA) is 85.4 Å². The number of aryl methyl sites for hydroxylation is 1. The van der Waals surface area contributed by atoms with Crippen LogP contribution in [0.5, 0.6) is 17.4 Å². The summed E-state index contributed by atoms with van der Waals surface area (Å²) in [6, 6.07) is 16.8. The Morgan fingerprint density at radius 2 is 1.66 bits per heavy atom. The largest absolute Gasteiger partial charge is 0.494 e. The van der Waals surface area contributed by atoms with Gasteiger partial charge in [-0.25, -0.2) is 0 Å². The molecule has 2 aromatic carbocycles. The van der Waals surface area contributed by atoms with Gasteiger partial charge >= 0.3 is 0 Å². The van der Waals surface area contributed by atoms with Gasteiger partial charge in [0, 0.05) is 81.9 Å². The smallest absolute Gasteiger partial charge is 0.247 e. The number of piperazine rings is 1. The zero-order valence-corrected chi connectivity index (χ0v) is 28.1. The Balaban J connectivity index is 1.19. The molecule has 0 saturated carbocycles. The van der Waals surface area contributed by atoms with E-state index in [-0.39, 0.29) is 5.91 Å². The summed E-state index contributed by atoms with van der Waals surface area (Å²) >= 11 is 0. The number of nitrogens with zero attached hydrogens (tertiary/aromatic N) is 5. The van der Waals surface area contributed by atoms with Gasteiger partial charge in [-0.1, -0.05) is 12.6 Å². The number of likely N-dealkylation sites (N-methyl/N-ethyl adjacent to an activating group) is 1. The molecule has 3 aliphatic heterocycles. The van der Waals surface area contributed by atoms with Gasteiger partial charge in [0.1, 0.15) is 23.0 Å². The maximum atomic E-state index is 12.0. The third-order valence-electron chi connectivity index (χ3n) is 9.74. The quantitative estimate of drug-likeness (QED) is 0.250. The monoisotopic (exact) mass is 639 g/mol. The third-order valence-corrected chi connectivity index (χ3v) is 9.74. The second-order valence-corrected chi connectivity index (χ2v) is 12.9. The lowest BCUT2D eigenvalue weighted by Gasteiger charge is -2.42. The van der Waals surface area contributed by atoms with Crippen LogP contribution in [0.4, 0.5) is 28.6 Å². The first-order chi connectivity index (χ1) is 22.9. The number of carbonyl (C=O) groups is 1. The molecule has 3 fully saturated rings. The number of ether oxygens (including phenoxy) is 2. The lowest BCUT2D eigenvalue weighted by Crippen LogP contribution is -2.52. The van der Waals surface area contributed by atoms with E-state index in [0.717, 1.165) is 74.8 Å². The summed E-state index contributed by atoms with van der Waals surface area (Å²) in [4.78, 5) is 26.9. The summed E-state index contributed by atoms with van der Waals surface area (Å²) in [6.45, 7) is 14.2. The number of pyridine rings is 1. The molecule has 0 aliphatic carbocycles. The van der Waals surface area contributed by atoms with Crippen molar-refractivity contribution >= 4 is 34.5 Å². The van der Waals surface area contributed by atoms with Crippen LogP contribution >= 0.6 is 0 Å². The van der Waals surface area contributed by atoms with E-state index < -0.39 is 0 Å². The fraction of sp³-hybridized carbons (Fsp3) is 0.459. The van der Waals surface area contributed by atoms with E-state index in [1.54, 1.807) is 7.11 Å². The highest BCUT2D eigenvalue weighted by Crippen LogP contribution is 2.38. The molecule has 4 heterocycles. The lowest BCUT2D eigenvalue weighted by molar-refractivity contribution is -0.111. The number of amides is 1. The highest BCUT2D eigenvalue weighted by Gasteiger charge is 2.27. The molecule has 3 saturated heterocycles.